The summed E-state index contributed by atoms with van der Waals surface area (Å²) in [5, 5.41) is 13.3. The van der Waals surface area contributed by atoms with Crippen LogP contribution in [0.5, 0.6) is 5.75 Å². The van der Waals surface area contributed by atoms with Crippen molar-refractivity contribution < 1.29 is 9.84 Å². The molecular formula is C18H23NO2. The topological polar surface area (TPSA) is 41.5 Å². The van der Waals surface area contributed by atoms with Gasteiger partial charge < -0.3 is 15.2 Å². The van der Waals surface area contributed by atoms with E-state index in [0.717, 1.165) is 5.75 Å². The third kappa shape index (κ3) is 5.21. The van der Waals surface area contributed by atoms with E-state index in [4.69, 9.17) is 4.74 Å². The Bertz CT molecular complexity index is 525. The SMILES string of the molecule is Cc1ccc(OC[C@H](O)CN[C@@H](C)c2ccccc2)cc1. The van der Waals surface area contributed by atoms with Gasteiger partial charge in [0, 0.05) is 12.6 Å². The van der Waals surface area contributed by atoms with E-state index in [9.17, 15) is 5.11 Å². The molecule has 0 spiro atoms. The molecule has 2 N–H and O–H groups in total. The van der Waals surface area contributed by atoms with Crippen LogP contribution < -0.4 is 10.1 Å². The highest BCUT2D eigenvalue weighted by Gasteiger charge is 2.09. The van der Waals surface area contributed by atoms with Gasteiger partial charge in [0.25, 0.3) is 0 Å². The maximum absolute atomic E-state index is 9.97. The van der Waals surface area contributed by atoms with Gasteiger partial charge in [-0.05, 0) is 31.5 Å². The van der Waals surface area contributed by atoms with E-state index < -0.39 is 6.10 Å². The number of aliphatic hydroxyl groups excluding tert-OH is 1. The predicted octanol–water partition coefficient (Wildman–Crippen LogP) is 3.09. The summed E-state index contributed by atoms with van der Waals surface area (Å²) in [5.41, 5.74) is 2.41. The maximum atomic E-state index is 9.97. The van der Waals surface area contributed by atoms with Crippen molar-refractivity contribution in [3.63, 3.8) is 0 Å². The number of nitrogens with one attached hydrogen (secondary N) is 1. The van der Waals surface area contributed by atoms with E-state index in [1.54, 1.807) is 0 Å². The summed E-state index contributed by atoms with van der Waals surface area (Å²) < 4.78 is 5.57. The zero-order valence-corrected chi connectivity index (χ0v) is 12.6. The van der Waals surface area contributed by atoms with Crippen LogP contribution in [-0.4, -0.2) is 24.4 Å². The molecule has 21 heavy (non-hydrogen) atoms. The molecule has 0 aliphatic rings. The fourth-order valence-electron chi connectivity index (χ4n) is 2.06. The Kier molecular flexibility index (Phi) is 5.78. The predicted molar refractivity (Wildman–Crippen MR) is 85.5 cm³/mol. The Hall–Kier alpha value is -1.84. The molecule has 112 valence electrons. The van der Waals surface area contributed by atoms with Crippen LogP contribution in [0, 0.1) is 6.92 Å². The molecule has 3 heteroatoms. The van der Waals surface area contributed by atoms with E-state index >= 15 is 0 Å². The summed E-state index contributed by atoms with van der Waals surface area (Å²) in [6.45, 7) is 4.91. The average Bonchev–Trinajstić information content (AvgIpc) is 2.53. The second kappa shape index (κ2) is 7.81. The zero-order chi connectivity index (χ0) is 15.1. The van der Waals surface area contributed by atoms with Crippen molar-refractivity contribution in [2.24, 2.45) is 0 Å². The molecule has 0 radical (unpaired) electrons. The average molecular weight is 285 g/mol. The van der Waals surface area contributed by atoms with E-state index in [1.165, 1.54) is 11.1 Å². The Balaban J connectivity index is 1.72. The minimum Gasteiger partial charge on any atom is -0.491 e. The van der Waals surface area contributed by atoms with Gasteiger partial charge in [0.2, 0.25) is 0 Å². The van der Waals surface area contributed by atoms with Crippen LogP contribution >= 0.6 is 0 Å². The summed E-state index contributed by atoms with van der Waals surface area (Å²) in [5.74, 6) is 0.788. The Morgan fingerprint density at radius 1 is 1.05 bits per heavy atom. The Morgan fingerprint density at radius 2 is 1.71 bits per heavy atom. The monoisotopic (exact) mass is 285 g/mol. The van der Waals surface area contributed by atoms with Crippen LogP contribution in [0.25, 0.3) is 0 Å². The van der Waals surface area contributed by atoms with Crippen molar-refractivity contribution in [1.29, 1.82) is 0 Å². The Morgan fingerprint density at radius 3 is 2.38 bits per heavy atom. The molecule has 0 heterocycles. The van der Waals surface area contributed by atoms with Crippen molar-refractivity contribution >= 4 is 0 Å². The number of hydrogen-bond acceptors (Lipinski definition) is 3. The highest BCUT2D eigenvalue weighted by Crippen LogP contribution is 2.12. The third-order valence-electron chi connectivity index (χ3n) is 3.42. The smallest absolute Gasteiger partial charge is 0.119 e. The van der Waals surface area contributed by atoms with Crippen LogP contribution in [0.15, 0.2) is 54.6 Å². The first-order valence-electron chi connectivity index (χ1n) is 7.31. The van der Waals surface area contributed by atoms with Gasteiger partial charge in [0.05, 0.1) is 0 Å². The largest absolute Gasteiger partial charge is 0.491 e. The van der Waals surface area contributed by atoms with E-state index in [2.05, 4.69) is 24.4 Å². The van der Waals surface area contributed by atoms with Crippen molar-refractivity contribution in [2.45, 2.75) is 26.0 Å². The lowest BCUT2D eigenvalue weighted by molar-refractivity contribution is 0.104. The zero-order valence-electron chi connectivity index (χ0n) is 12.6. The number of rotatable bonds is 7. The molecule has 0 amide bonds. The lowest BCUT2D eigenvalue weighted by atomic mass is 10.1. The molecule has 2 atom stereocenters. The van der Waals surface area contributed by atoms with Gasteiger partial charge in [0.1, 0.15) is 18.5 Å². The third-order valence-corrected chi connectivity index (χ3v) is 3.42. The molecule has 0 fully saturated rings. The lowest BCUT2D eigenvalue weighted by Crippen LogP contribution is -2.33. The van der Waals surface area contributed by atoms with Crippen LogP contribution in [-0.2, 0) is 0 Å². The minimum atomic E-state index is -0.530. The fourth-order valence-corrected chi connectivity index (χ4v) is 2.06. The van der Waals surface area contributed by atoms with Crippen LogP contribution in [0.2, 0.25) is 0 Å². The van der Waals surface area contributed by atoms with Crippen molar-refractivity contribution in [1.82, 2.24) is 5.32 Å². The molecule has 0 saturated carbocycles. The molecule has 0 bridgehead atoms. The summed E-state index contributed by atoms with van der Waals surface area (Å²) in [6, 6.07) is 18.2. The normalized spacial score (nSPS) is 13.7. The van der Waals surface area contributed by atoms with Gasteiger partial charge in [-0.1, -0.05) is 48.0 Å². The summed E-state index contributed by atoms with van der Waals surface area (Å²) in [4.78, 5) is 0. The molecule has 0 aliphatic heterocycles. The quantitative estimate of drug-likeness (QED) is 0.821. The second-order valence-electron chi connectivity index (χ2n) is 5.32. The van der Waals surface area contributed by atoms with Gasteiger partial charge in [0.15, 0.2) is 0 Å². The second-order valence-corrected chi connectivity index (χ2v) is 5.32. The molecule has 0 saturated heterocycles. The number of hydrogen-bond donors (Lipinski definition) is 2. The number of aliphatic hydroxyl groups is 1. The van der Waals surface area contributed by atoms with E-state index in [1.807, 2.05) is 49.4 Å². The van der Waals surface area contributed by atoms with Gasteiger partial charge in [-0.2, -0.15) is 0 Å². The molecule has 0 unspecified atom stereocenters. The molecule has 0 aliphatic carbocycles. The van der Waals surface area contributed by atoms with Crippen molar-refractivity contribution in [2.75, 3.05) is 13.2 Å². The summed E-state index contributed by atoms with van der Waals surface area (Å²) in [7, 11) is 0. The standard InChI is InChI=1S/C18H23NO2/c1-14-8-10-18(11-9-14)21-13-17(20)12-19-15(2)16-6-4-3-5-7-16/h3-11,15,17,19-20H,12-13H2,1-2H3/t15-,17+/m0/s1. The van der Waals surface area contributed by atoms with Gasteiger partial charge >= 0.3 is 0 Å². The van der Waals surface area contributed by atoms with Crippen LogP contribution in [0.1, 0.15) is 24.1 Å². The summed E-state index contributed by atoms with van der Waals surface area (Å²) in [6.07, 6.45) is -0.530. The molecule has 2 aromatic rings. The van der Waals surface area contributed by atoms with Gasteiger partial charge in [-0.3, -0.25) is 0 Å². The molecule has 3 nitrogen and oxygen atoms in total. The van der Waals surface area contributed by atoms with Gasteiger partial charge in [-0.25, -0.2) is 0 Å². The fraction of sp³-hybridized carbons (Fsp3) is 0.333. The Labute approximate surface area is 126 Å². The summed E-state index contributed by atoms with van der Waals surface area (Å²) >= 11 is 0. The van der Waals surface area contributed by atoms with Crippen LogP contribution in [0.4, 0.5) is 0 Å². The number of ether oxygens (including phenoxy) is 1. The van der Waals surface area contributed by atoms with E-state index in [-0.39, 0.29) is 12.6 Å². The van der Waals surface area contributed by atoms with Gasteiger partial charge in [-0.15, -0.1) is 0 Å². The highest BCUT2D eigenvalue weighted by atomic mass is 16.5. The first-order valence-corrected chi connectivity index (χ1v) is 7.31. The lowest BCUT2D eigenvalue weighted by Gasteiger charge is -2.18. The molecule has 0 aromatic heterocycles. The number of aryl methyl sites for hydroxylation is 1. The highest BCUT2D eigenvalue weighted by molar-refractivity contribution is 5.26. The minimum absolute atomic E-state index is 0.209. The molecular weight excluding hydrogens is 262 g/mol. The molecule has 2 aromatic carbocycles. The van der Waals surface area contributed by atoms with Crippen LogP contribution in [0.3, 0.4) is 0 Å². The number of benzene rings is 2. The first-order chi connectivity index (χ1) is 10.1. The maximum Gasteiger partial charge on any atom is 0.119 e. The van der Waals surface area contributed by atoms with Crippen molar-refractivity contribution in [3.8, 4) is 5.75 Å². The van der Waals surface area contributed by atoms with Crippen molar-refractivity contribution in [3.05, 3.63) is 65.7 Å². The molecule has 2 rings (SSSR count). The van der Waals surface area contributed by atoms with E-state index in [0.29, 0.717) is 6.54 Å². The first kappa shape index (κ1) is 15.5.